The lowest BCUT2D eigenvalue weighted by molar-refractivity contribution is -0.124. The molecule has 1 saturated heterocycles. The van der Waals surface area contributed by atoms with E-state index in [0.717, 1.165) is 23.0 Å². The van der Waals surface area contributed by atoms with Crippen molar-refractivity contribution in [3.63, 3.8) is 0 Å². The lowest BCUT2D eigenvalue weighted by atomic mass is 10.0. The Balaban J connectivity index is 1.54. The molecule has 0 unspecified atom stereocenters. The predicted octanol–water partition coefficient (Wildman–Crippen LogP) is 4.05. The van der Waals surface area contributed by atoms with E-state index in [1.54, 1.807) is 12.1 Å². The molecule has 1 aliphatic carbocycles. The van der Waals surface area contributed by atoms with E-state index >= 15 is 0 Å². The number of amides is 3. The number of hydrogen-bond acceptors (Lipinski definition) is 4. The van der Waals surface area contributed by atoms with Crippen LogP contribution in [0.1, 0.15) is 18.4 Å². The standard InChI is InChI=1S/C21H22BrFN4O2/c1-26-18(28)11-27(21(26)29)10-13-4-5-14(16(23)8-13)15-6-7-17(20(24)19(15)22)25-9-12-2-3-12/h4-8,12,25H,2-3,9-11,24H2,1H3. The Morgan fingerprint density at radius 2 is 1.93 bits per heavy atom. The van der Waals surface area contributed by atoms with Crippen molar-refractivity contribution in [1.82, 2.24) is 9.80 Å². The van der Waals surface area contributed by atoms with E-state index in [2.05, 4.69) is 21.2 Å². The second kappa shape index (κ2) is 7.67. The van der Waals surface area contributed by atoms with Gasteiger partial charge in [-0.25, -0.2) is 9.18 Å². The molecule has 2 aliphatic rings. The Labute approximate surface area is 177 Å². The molecule has 4 rings (SSSR count). The highest BCUT2D eigenvalue weighted by molar-refractivity contribution is 9.10. The van der Waals surface area contributed by atoms with Gasteiger partial charge in [0.1, 0.15) is 12.4 Å². The average Bonchev–Trinajstić information content (AvgIpc) is 3.49. The molecule has 2 aromatic carbocycles. The van der Waals surface area contributed by atoms with E-state index in [1.807, 2.05) is 12.1 Å². The number of carbonyl (C=O) groups is 2. The second-order valence-corrected chi connectivity index (χ2v) is 8.41. The Morgan fingerprint density at radius 3 is 2.55 bits per heavy atom. The number of rotatable bonds is 6. The summed E-state index contributed by atoms with van der Waals surface area (Å²) in [7, 11) is 1.44. The molecule has 0 aromatic heterocycles. The Morgan fingerprint density at radius 1 is 1.21 bits per heavy atom. The third-order valence-electron chi connectivity index (χ3n) is 5.41. The molecule has 3 N–H and O–H groups in total. The zero-order valence-corrected chi connectivity index (χ0v) is 17.6. The number of urea groups is 1. The Bertz CT molecular complexity index is 993. The van der Waals surface area contributed by atoms with E-state index in [0.29, 0.717) is 26.9 Å². The summed E-state index contributed by atoms with van der Waals surface area (Å²) in [6.45, 7) is 1.08. The van der Waals surface area contributed by atoms with Crippen molar-refractivity contribution in [3.05, 3.63) is 46.2 Å². The highest BCUT2D eigenvalue weighted by Gasteiger charge is 2.32. The van der Waals surface area contributed by atoms with Crippen LogP contribution < -0.4 is 11.1 Å². The molecule has 29 heavy (non-hydrogen) atoms. The van der Waals surface area contributed by atoms with Crippen LogP contribution in [0.3, 0.4) is 0 Å². The van der Waals surface area contributed by atoms with Crippen LogP contribution in [0.15, 0.2) is 34.8 Å². The highest BCUT2D eigenvalue weighted by Crippen LogP contribution is 2.39. The summed E-state index contributed by atoms with van der Waals surface area (Å²) in [6.07, 6.45) is 2.49. The van der Waals surface area contributed by atoms with Gasteiger partial charge in [0, 0.05) is 31.3 Å². The first-order chi connectivity index (χ1) is 13.8. The van der Waals surface area contributed by atoms with Crippen LogP contribution in [0, 0.1) is 11.7 Å². The molecular formula is C21H22BrFN4O2. The van der Waals surface area contributed by atoms with Gasteiger partial charge in [0.05, 0.1) is 15.8 Å². The van der Waals surface area contributed by atoms with Gasteiger partial charge in [-0.1, -0.05) is 18.2 Å². The van der Waals surface area contributed by atoms with Gasteiger partial charge in [-0.2, -0.15) is 0 Å². The molecule has 1 heterocycles. The molecule has 2 fully saturated rings. The molecule has 0 spiro atoms. The molecule has 6 nitrogen and oxygen atoms in total. The van der Waals surface area contributed by atoms with E-state index in [-0.39, 0.29) is 25.0 Å². The normalized spacial score (nSPS) is 16.7. The molecule has 3 amide bonds. The smallest absolute Gasteiger partial charge is 0.327 e. The Kier molecular flexibility index (Phi) is 5.21. The summed E-state index contributed by atoms with van der Waals surface area (Å²) in [6, 6.07) is 8.17. The van der Waals surface area contributed by atoms with Crippen molar-refractivity contribution in [2.24, 2.45) is 5.92 Å². The molecule has 1 saturated carbocycles. The maximum atomic E-state index is 14.9. The quantitative estimate of drug-likeness (QED) is 0.503. The van der Waals surface area contributed by atoms with Crippen molar-refractivity contribution < 1.29 is 14.0 Å². The number of nitrogens with two attached hydrogens (primary N) is 1. The van der Waals surface area contributed by atoms with Crippen LogP contribution in [0.2, 0.25) is 0 Å². The molecule has 0 radical (unpaired) electrons. The number of imide groups is 1. The van der Waals surface area contributed by atoms with Gasteiger partial charge in [-0.15, -0.1) is 0 Å². The zero-order valence-electron chi connectivity index (χ0n) is 16.0. The fourth-order valence-corrected chi connectivity index (χ4v) is 3.97. The van der Waals surface area contributed by atoms with Gasteiger partial charge < -0.3 is 16.0 Å². The zero-order chi connectivity index (χ0) is 20.7. The molecular weight excluding hydrogens is 439 g/mol. The van der Waals surface area contributed by atoms with Gasteiger partial charge in [0.2, 0.25) is 5.91 Å². The summed E-state index contributed by atoms with van der Waals surface area (Å²) >= 11 is 3.51. The molecule has 8 heteroatoms. The second-order valence-electron chi connectivity index (χ2n) is 7.62. The lowest BCUT2D eigenvalue weighted by Gasteiger charge is -2.17. The first kappa shape index (κ1) is 19.7. The minimum Gasteiger partial charge on any atom is -0.396 e. The maximum absolute atomic E-state index is 14.9. The topological polar surface area (TPSA) is 78.7 Å². The number of hydrogen-bond donors (Lipinski definition) is 2. The van der Waals surface area contributed by atoms with Crippen molar-refractivity contribution in [1.29, 1.82) is 0 Å². The summed E-state index contributed by atoms with van der Waals surface area (Å²) in [5, 5.41) is 3.35. The van der Waals surface area contributed by atoms with Crippen LogP contribution >= 0.6 is 15.9 Å². The molecule has 2 aromatic rings. The molecule has 0 bridgehead atoms. The van der Waals surface area contributed by atoms with E-state index < -0.39 is 5.82 Å². The highest BCUT2D eigenvalue weighted by atomic mass is 79.9. The molecule has 1 aliphatic heterocycles. The number of halogens is 2. The SMILES string of the molecule is CN1C(=O)CN(Cc2ccc(-c3ccc(NCC4CC4)c(N)c3Br)c(F)c2)C1=O. The minimum atomic E-state index is -0.410. The van der Waals surface area contributed by atoms with Crippen LogP contribution in [0.5, 0.6) is 0 Å². The number of nitrogen functional groups attached to an aromatic ring is 1. The maximum Gasteiger partial charge on any atom is 0.327 e. The number of benzene rings is 2. The summed E-state index contributed by atoms with van der Waals surface area (Å²) in [5.41, 5.74) is 9.34. The average molecular weight is 461 g/mol. The van der Waals surface area contributed by atoms with Gasteiger partial charge in [0.25, 0.3) is 0 Å². The predicted molar refractivity (Wildman–Crippen MR) is 114 cm³/mol. The van der Waals surface area contributed by atoms with Crippen LogP contribution in [-0.4, -0.2) is 41.9 Å². The van der Waals surface area contributed by atoms with E-state index in [4.69, 9.17) is 5.73 Å². The van der Waals surface area contributed by atoms with Gasteiger partial charge in [-0.05, 0) is 52.4 Å². The third kappa shape index (κ3) is 3.94. The van der Waals surface area contributed by atoms with Crippen LogP contribution in [-0.2, 0) is 11.3 Å². The fraction of sp³-hybridized carbons (Fsp3) is 0.333. The first-order valence-corrected chi connectivity index (χ1v) is 10.3. The van der Waals surface area contributed by atoms with Crippen molar-refractivity contribution in [2.45, 2.75) is 19.4 Å². The van der Waals surface area contributed by atoms with Crippen LogP contribution in [0.25, 0.3) is 11.1 Å². The van der Waals surface area contributed by atoms with E-state index in [9.17, 15) is 14.0 Å². The first-order valence-electron chi connectivity index (χ1n) is 9.51. The number of nitrogens with one attached hydrogen (secondary N) is 1. The van der Waals surface area contributed by atoms with Crippen molar-refractivity contribution in [3.8, 4) is 11.1 Å². The number of nitrogens with zero attached hydrogens (tertiary/aromatic N) is 2. The van der Waals surface area contributed by atoms with Crippen LogP contribution in [0.4, 0.5) is 20.6 Å². The monoisotopic (exact) mass is 460 g/mol. The molecule has 0 atom stereocenters. The van der Waals surface area contributed by atoms with Gasteiger partial charge in [-0.3, -0.25) is 9.69 Å². The number of likely N-dealkylation sites (N-methyl/N-ethyl adjacent to an activating group) is 1. The summed E-state index contributed by atoms with van der Waals surface area (Å²) in [5.74, 6) is 0.0462. The lowest BCUT2D eigenvalue weighted by Crippen LogP contribution is -2.29. The van der Waals surface area contributed by atoms with Gasteiger partial charge in [0.15, 0.2) is 0 Å². The summed E-state index contributed by atoms with van der Waals surface area (Å²) < 4.78 is 15.5. The largest absolute Gasteiger partial charge is 0.396 e. The third-order valence-corrected chi connectivity index (χ3v) is 6.27. The minimum absolute atomic E-state index is 0.0100. The fourth-order valence-electron chi connectivity index (χ4n) is 3.41. The molecule has 152 valence electrons. The number of anilines is 2. The van der Waals surface area contributed by atoms with E-state index in [1.165, 1.54) is 30.9 Å². The van der Waals surface area contributed by atoms with Gasteiger partial charge >= 0.3 is 6.03 Å². The summed E-state index contributed by atoms with van der Waals surface area (Å²) in [4.78, 5) is 26.1. The number of carbonyl (C=O) groups excluding carboxylic acids is 2. The Hall–Kier alpha value is -2.61. The van der Waals surface area contributed by atoms with Crippen molar-refractivity contribution in [2.75, 3.05) is 31.2 Å². The van der Waals surface area contributed by atoms with Crippen molar-refractivity contribution >= 4 is 39.2 Å².